The molecule has 0 spiro atoms. The van der Waals surface area contributed by atoms with Crippen LogP contribution in [0.25, 0.3) is 0 Å². The zero-order valence-corrected chi connectivity index (χ0v) is 13.2. The summed E-state index contributed by atoms with van der Waals surface area (Å²) in [6.45, 7) is 0. The number of fused-ring (bicyclic) bond motifs is 1. The molecule has 1 saturated carbocycles. The van der Waals surface area contributed by atoms with Crippen LogP contribution in [0.4, 0.5) is 0 Å². The third-order valence-electron chi connectivity index (χ3n) is 4.40. The molecule has 2 aromatic carbocycles. The quantitative estimate of drug-likeness (QED) is 0.840. The largest absolute Gasteiger partial charge is 0.485 e. The average Bonchev–Trinajstić information content (AvgIpc) is 3.32. The maximum absolute atomic E-state index is 10.5. The topological polar surface area (TPSA) is 29.5 Å². The molecule has 0 amide bonds. The van der Waals surface area contributed by atoms with Gasteiger partial charge in [-0.25, -0.2) is 0 Å². The van der Waals surface area contributed by atoms with Crippen molar-refractivity contribution in [2.45, 2.75) is 37.4 Å². The number of benzene rings is 2. The maximum atomic E-state index is 10.5. The Hall–Kier alpha value is -1.32. The van der Waals surface area contributed by atoms with Gasteiger partial charge < -0.3 is 9.84 Å². The van der Waals surface area contributed by atoms with E-state index >= 15 is 0 Å². The summed E-state index contributed by atoms with van der Waals surface area (Å²) in [5, 5.41) is 10.5. The second-order valence-corrected chi connectivity index (χ2v) is 6.86. The van der Waals surface area contributed by atoms with Gasteiger partial charge in [0.1, 0.15) is 11.9 Å². The highest BCUT2D eigenvalue weighted by atomic mass is 79.9. The summed E-state index contributed by atoms with van der Waals surface area (Å²) in [5.41, 5.74) is 3.52. The van der Waals surface area contributed by atoms with Crippen LogP contribution in [0.5, 0.6) is 5.75 Å². The van der Waals surface area contributed by atoms with Gasteiger partial charge in [-0.15, -0.1) is 0 Å². The highest BCUT2D eigenvalue weighted by Gasteiger charge is 2.33. The molecule has 2 atom stereocenters. The van der Waals surface area contributed by atoms with E-state index in [1.54, 1.807) is 0 Å². The number of hydrogen-bond acceptors (Lipinski definition) is 2. The lowest BCUT2D eigenvalue weighted by molar-refractivity contribution is 0.0652. The number of halogens is 1. The summed E-state index contributed by atoms with van der Waals surface area (Å²) >= 11 is 3.45. The molecule has 0 saturated heterocycles. The van der Waals surface area contributed by atoms with Crippen LogP contribution in [0.15, 0.2) is 46.9 Å². The molecule has 1 fully saturated rings. The number of aliphatic hydroxyl groups is 1. The molecule has 0 radical (unpaired) electrons. The highest BCUT2D eigenvalue weighted by Crippen LogP contribution is 2.47. The van der Waals surface area contributed by atoms with Crippen LogP contribution in [0.2, 0.25) is 0 Å². The van der Waals surface area contributed by atoms with Crippen molar-refractivity contribution in [3.05, 3.63) is 63.6 Å². The van der Waals surface area contributed by atoms with E-state index in [9.17, 15) is 5.11 Å². The fourth-order valence-electron chi connectivity index (χ4n) is 3.18. The zero-order chi connectivity index (χ0) is 14.4. The monoisotopic (exact) mass is 344 g/mol. The Kier molecular flexibility index (Phi) is 3.27. The minimum atomic E-state index is -0.469. The van der Waals surface area contributed by atoms with Crippen molar-refractivity contribution < 1.29 is 9.84 Å². The number of hydrogen-bond donors (Lipinski definition) is 1. The molecule has 2 unspecified atom stereocenters. The van der Waals surface area contributed by atoms with E-state index in [0.29, 0.717) is 12.3 Å². The summed E-state index contributed by atoms with van der Waals surface area (Å²) in [4.78, 5) is 0. The minimum absolute atomic E-state index is 0.0505. The lowest BCUT2D eigenvalue weighted by Crippen LogP contribution is -2.20. The normalized spacial score (nSPS) is 24.3. The first-order valence-corrected chi connectivity index (χ1v) is 8.24. The van der Waals surface area contributed by atoms with Gasteiger partial charge in [-0.05, 0) is 48.1 Å². The third kappa shape index (κ3) is 2.49. The van der Waals surface area contributed by atoms with Crippen molar-refractivity contribution in [3.8, 4) is 5.75 Å². The second-order valence-electron chi connectivity index (χ2n) is 5.94. The Labute approximate surface area is 132 Å². The fraction of sp³-hybridized carbons (Fsp3) is 0.333. The predicted molar refractivity (Wildman–Crippen MR) is 85.5 cm³/mol. The lowest BCUT2D eigenvalue weighted by atomic mass is 9.91. The van der Waals surface area contributed by atoms with Gasteiger partial charge in [0.2, 0.25) is 0 Å². The van der Waals surface area contributed by atoms with Crippen molar-refractivity contribution >= 4 is 15.9 Å². The number of aliphatic hydroxyl groups excluding tert-OH is 1. The summed E-state index contributed by atoms with van der Waals surface area (Å²) < 4.78 is 7.15. The predicted octanol–water partition coefficient (Wildman–Crippen LogP) is 4.88. The molecule has 1 heterocycles. The lowest BCUT2D eigenvalue weighted by Gasteiger charge is -2.31. The number of rotatable bonds is 2. The van der Waals surface area contributed by atoms with Gasteiger partial charge in [0, 0.05) is 16.5 Å². The summed E-state index contributed by atoms with van der Waals surface area (Å²) in [6.07, 6.45) is 2.65. The molecule has 1 aliphatic carbocycles. The summed E-state index contributed by atoms with van der Waals surface area (Å²) in [7, 11) is 0. The van der Waals surface area contributed by atoms with Crippen LogP contribution in [0.3, 0.4) is 0 Å². The van der Waals surface area contributed by atoms with Crippen molar-refractivity contribution in [1.29, 1.82) is 0 Å². The van der Waals surface area contributed by atoms with Crippen LogP contribution >= 0.6 is 15.9 Å². The van der Waals surface area contributed by atoms with E-state index in [2.05, 4.69) is 40.2 Å². The molecule has 2 aliphatic rings. The van der Waals surface area contributed by atoms with Gasteiger partial charge in [0.25, 0.3) is 0 Å². The van der Waals surface area contributed by atoms with Crippen LogP contribution in [0.1, 0.15) is 54.1 Å². The van der Waals surface area contributed by atoms with Gasteiger partial charge in [-0.1, -0.05) is 40.2 Å². The molecular weight excluding hydrogens is 328 g/mol. The van der Waals surface area contributed by atoms with E-state index in [1.165, 1.54) is 24.0 Å². The number of ether oxygens (including phenoxy) is 1. The zero-order valence-electron chi connectivity index (χ0n) is 11.6. The Bertz CT molecular complexity index is 679. The molecule has 21 heavy (non-hydrogen) atoms. The Morgan fingerprint density at radius 1 is 1.00 bits per heavy atom. The van der Waals surface area contributed by atoms with Gasteiger partial charge >= 0.3 is 0 Å². The smallest absolute Gasteiger partial charge is 0.127 e. The van der Waals surface area contributed by atoms with Crippen molar-refractivity contribution in [2.75, 3.05) is 0 Å². The van der Waals surface area contributed by atoms with E-state index in [-0.39, 0.29) is 6.10 Å². The van der Waals surface area contributed by atoms with Crippen LogP contribution in [-0.2, 0) is 0 Å². The van der Waals surface area contributed by atoms with Gasteiger partial charge in [0.05, 0.1) is 6.10 Å². The van der Waals surface area contributed by atoms with E-state index in [1.807, 2.05) is 18.2 Å². The standard InChI is InChI=1S/C18H17BrO2/c19-12-7-8-17-15(9-12)16(20)10-18(21-17)14-4-2-1-3-13(14)11-5-6-11/h1-4,7-9,11,16,18,20H,5-6,10H2. The second kappa shape index (κ2) is 5.15. The van der Waals surface area contributed by atoms with Crippen molar-refractivity contribution in [2.24, 2.45) is 0 Å². The Balaban J connectivity index is 1.71. The van der Waals surface area contributed by atoms with Gasteiger partial charge in [-0.2, -0.15) is 0 Å². The molecule has 2 nitrogen and oxygen atoms in total. The molecule has 0 bridgehead atoms. The maximum Gasteiger partial charge on any atom is 0.127 e. The van der Waals surface area contributed by atoms with Crippen LogP contribution in [0, 0.1) is 0 Å². The Morgan fingerprint density at radius 2 is 1.76 bits per heavy atom. The molecule has 2 aromatic rings. The molecule has 1 aliphatic heterocycles. The van der Waals surface area contributed by atoms with Crippen LogP contribution in [-0.4, -0.2) is 5.11 Å². The average molecular weight is 345 g/mol. The summed E-state index contributed by atoms with van der Waals surface area (Å²) in [5.74, 6) is 1.49. The first-order valence-electron chi connectivity index (χ1n) is 7.45. The minimum Gasteiger partial charge on any atom is -0.485 e. The fourth-order valence-corrected chi connectivity index (χ4v) is 3.56. The third-order valence-corrected chi connectivity index (χ3v) is 4.89. The first kappa shape index (κ1) is 13.4. The molecule has 3 heteroatoms. The summed E-state index contributed by atoms with van der Waals surface area (Å²) in [6, 6.07) is 14.4. The van der Waals surface area contributed by atoms with E-state index in [0.717, 1.165) is 15.8 Å². The van der Waals surface area contributed by atoms with Gasteiger partial charge in [0.15, 0.2) is 0 Å². The molecule has 4 rings (SSSR count). The SMILES string of the molecule is OC1CC(c2ccccc2C2CC2)Oc2ccc(Br)cc21. The molecule has 0 aromatic heterocycles. The van der Waals surface area contributed by atoms with Gasteiger partial charge in [-0.3, -0.25) is 0 Å². The molecular formula is C18H17BrO2. The van der Waals surface area contributed by atoms with Crippen LogP contribution < -0.4 is 4.74 Å². The van der Waals surface area contributed by atoms with E-state index < -0.39 is 6.10 Å². The first-order chi connectivity index (χ1) is 10.2. The van der Waals surface area contributed by atoms with E-state index in [4.69, 9.17) is 4.74 Å². The highest BCUT2D eigenvalue weighted by molar-refractivity contribution is 9.10. The molecule has 1 N–H and O–H groups in total. The van der Waals surface area contributed by atoms with Crippen molar-refractivity contribution in [1.82, 2.24) is 0 Å². The molecule has 108 valence electrons. The van der Waals surface area contributed by atoms with Crippen molar-refractivity contribution in [3.63, 3.8) is 0 Å². The Morgan fingerprint density at radius 3 is 2.52 bits per heavy atom.